The van der Waals surface area contributed by atoms with Crippen molar-refractivity contribution < 1.29 is 0 Å². The van der Waals surface area contributed by atoms with E-state index in [0.717, 1.165) is 12.2 Å². The fourth-order valence-corrected chi connectivity index (χ4v) is 6.64. The molecule has 1 saturated carbocycles. The number of anilines is 1. The first-order valence-corrected chi connectivity index (χ1v) is 11.8. The molecule has 1 aromatic heterocycles. The second kappa shape index (κ2) is 7.57. The van der Waals surface area contributed by atoms with E-state index in [9.17, 15) is 0 Å². The molecule has 0 saturated heterocycles. The van der Waals surface area contributed by atoms with Crippen LogP contribution in [0.4, 0.5) is 5.82 Å². The van der Waals surface area contributed by atoms with Crippen LogP contribution in [0.25, 0.3) is 0 Å². The number of nitrogens with zero attached hydrogens (tertiary/aromatic N) is 3. The van der Waals surface area contributed by atoms with Crippen LogP contribution in [0.2, 0.25) is 0 Å². The Bertz CT molecular complexity index is 779. The molecule has 0 bridgehead atoms. The minimum atomic E-state index is 0.285. The highest BCUT2D eigenvalue weighted by Crippen LogP contribution is 2.56. The molecule has 5 rings (SSSR count). The molecule has 4 nitrogen and oxygen atoms in total. The fourth-order valence-electron chi connectivity index (χ4n) is 5.26. The zero-order chi connectivity index (χ0) is 18.2. The Labute approximate surface area is 166 Å². The zero-order valence-corrected chi connectivity index (χ0v) is 17.2. The second-order valence-electron chi connectivity index (χ2n) is 8.44. The van der Waals surface area contributed by atoms with Gasteiger partial charge in [0.15, 0.2) is 0 Å². The fraction of sp³-hybridized carbons (Fsp3) is 0.682. The minimum absolute atomic E-state index is 0.285. The number of fused-ring (bicyclic) bond motifs is 4. The van der Waals surface area contributed by atoms with Crippen molar-refractivity contribution in [2.24, 2.45) is 4.99 Å². The first-order valence-electron chi connectivity index (χ1n) is 10.9. The standard InChI is InChI=1S/C22H30N4S/c1-2-3-12-17-15-10-7-11-16(15)18-19-20(27-22(18)26-17)21(24-13-23-19)25-14-8-5-4-6-9-14/h13-14,18,22H,2-12H2,1H3,(H,23,24,25)/t18-,22-/m0/s1. The predicted molar refractivity (Wildman–Crippen MR) is 113 cm³/mol. The molecule has 0 aromatic carbocycles. The Hall–Kier alpha value is -1.36. The lowest BCUT2D eigenvalue weighted by molar-refractivity contribution is 0.461. The maximum atomic E-state index is 5.25. The van der Waals surface area contributed by atoms with Crippen LogP contribution in [0.3, 0.4) is 0 Å². The average molecular weight is 383 g/mol. The van der Waals surface area contributed by atoms with Crippen molar-refractivity contribution in [2.75, 3.05) is 5.32 Å². The highest BCUT2D eigenvalue weighted by molar-refractivity contribution is 8.00. The van der Waals surface area contributed by atoms with Gasteiger partial charge in [0.05, 0.1) is 16.5 Å². The third-order valence-electron chi connectivity index (χ3n) is 6.63. The van der Waals surface area contributed by atoms with E-state index >= 15 is 0 Å². The van der Waals surface area contributed by atoms with E-state index in [1.165, 1.54) is 80.5 Å². The number of nitrogens with one attached hydrogen (secondary N) is 1. The summed E-state index contributed by atoms with van der Waals surface area (Å²) in [6.45, 7) is 2.27. The van der Waals surface area contributed by atoms with Crippen LogP contribution in [0.15, 0.2) is 27.4 Å². The van der Waals surface area contributed by atoms with Gasteiger partial charge in [-0.2, -0.15) is 0 Å². The Morgan fingerprint density at radius 1 is 1.11 bits per heavy atom. The lowest BCUT2D eigenvalue weighted by Crippen LogP contribution is -2.23. The number of dihydropyridines is 1. The summed E-state index contributed by atoms with van der Waals surface area (Å²) in [7, 11) is 0. The number of rotatable bonds is 5. The minimum Gasteiger partial charge on any atom is -0.366 e. The van der Waals surface area contributed by atoms with Gasteiger partial charge >= 0.3 is 0 Å². The molecule has 2 aliphatic heterocycles. The molecule has 2 aliphatic carbocycles. The van der Waals surface area contributed by atoms with Crippen molar-refractivity contribution in [3.05, 3.63) is 23.2 Å². The molecule has 3 heterocycles. The van der Waals surface area contributed by atoms with E-state index < -0.39 is 0 Å². The highest BCUT2D eigenvalue weighted by Gasteiger charge is 2.44. The van der Waals surface area contributed by atoms with E-state index in [4.69, 9.17) is 9.98 Å². The first-order chi connectivity index (χ1) is 13.3. The molecule has 0 unspecified atom stereocenters. The quantitative estimate of drug-likeness (QED) is 0.693. The first kappa shape index (κ1) is 17.7. The van der Waals surface area contributed by atoms with Gasteiger partial charge in [-0.05, 0) is 50.5 Å². The summed E-state index contributed by atoms with van der Waals surface area (Å²) in [6, 6.07) is 0.575. The van der Waals surface area contributed by atoms with Crippen molar-refractivity contribution in [3.8, 4) is 0 Å². The summed E-state index contributed by atoms with van der Waals surface area (Å²) < 4.78 is 0. The molecular formula is C22H30N4S. The highest BCUT2D eigenvalue weighted by atomic mass is 32.2. The summed E-state index contributed by atoms with van der Waals surface area (Å²) in [5.41, 5.74) is 5.87. The van der Waals surface area contributed by atoms with Gasteiger partial charge in [0.25, 0.3) is 0 Å². The number of allylic oxidation sites excluding steroid dienone is 1. The van der Waals surface area contributed by atoms with Gasteiger partial charge in [-0.25, -0.2) is 9.97 Å². The SMILES string of the molecule is CCCCC1=N[C@H]2Sc3c(NC4CCCCC4)ncnc3[C@@H]2C2=C1CCC2. The molecule has 0 radical (unpaired) electrons. The van der Waals surface area contributed by atoms with E-state index in [1.54, 1.807) is 17.5 Å². The molecule has 1 fully saturated rings. The van der Waals surface area contributed by atoms with Gasteiger partial charge in [0.2, 0.25) is 0 Å². The number of aromatic nitrogens is 2. The molecule has 0 amide bonds. The Kier molecular flexibility index (Phi) is 4.97. The summed E-state index contributed by atoms with van der Waals surface area (Å²) in [6.07, 6.45) is 15.7. The lowest BCUT2D eigenvalue weighted by Gasteiger charge is -2.26. The van der Waals surface area contributed by atoms with Crippen molar-refractivity contribution in [3.63, 3.8) is 0 Å². The van der Waals surface area contributed by atoms with E-state index in [-0.39, 0.29) is 5.37 Å². The van der Waals surface area contributed by atoms with Crippen LogP contribution in [0, 0.1) is 0 Å². The molecule has 5 heteroatoms. The molecule has 144 valence electrons. The number of unbranched alkanes of at least 4 members (excludes halogenated alkanes) is 1. The maximum Gasteiger partial charge on any atom is 0.143 e. The monoisotopic (exact) mass is 382 g/mol. The van der Waals surface area contributed by atoms with Crippen molar-refractivity contribution in [1.82, 2.24) is 9.97 Å². The van der Waals surface area contributed by atoms with Crippen molar-refractivity contribution >= 4 is 23.3 Å². The van der Waals surface area contributed by atoms with Gasteiger partial charge in [0, 0.05) is 11.8 Å². The van der Waals surface area contributed by atoms with E-state index in [2.05, 4.69) is 17.2 Å². The molecule has 2 atom stereocenters. The molecule has 1 N–H and O–H groups in total. The number of hydrogen-bond donors (Lipinski definition) is 1. The summed E-state index contributed by atoms with van der Waals surface area (Å²) >= 11 is 1.91. The molecule has 1 aromatic rings. The molecule has 0 spiro atoms. The average Bonchev–Trinajstić information content (AvgIpc) is 3.31. The van der Waals surface area contributed by atoms with Crippen molar-refractivity contribution in [1.29, 1.82) is 0 Å². The molecular weight excluding hydrogens is 352 g/mol. The zero-order valence-electron chi connectivity index (χ0n) is 16.3. The third-order valence-corrected chi connectivity index (χ3v) is 7.89. The Morgan fingerprint density at radius 2 is 2.00 bits per heavy atom. The van der Waals surface area contributed by atoms with Gasteiger partial charge in [0.1, 0.15) is 17.5 Å². The van der Waals surface area contributed by atoms with Crippen LogP contribution < -0.4 is 5.32 Å². The summed E-state index contributed by atoms with van der Waals surface area (Å²) in [5.74, 6) is 1.46. The van der Waals surface area contributed by atoms with Crippen LogP contribution in [-0.2, 0) is 0 Å². The third kappa shape index (κ3) is 3.22. The number of hydrogen-bond acceptors (Lipinski definition) is 5. The van der Waals surface area contributed by atoms with Crippen molar-refractivity contribution in [2.45, 2.75) is 99.8 Å². The van der Waals surface area contributed by atoms with Gasteiger partial charge in [-0.3, -0.25) is 4.99 Å². The number of thioether (sulfide) groups is 1. The van der Waals surface area contributed by atoms with Crippen LogP contribution in [0.5, 0.6) is 0 Å². The van der Waals surface area contributed by atoms with Crippen LogP contribution in [-0.4, -0.2) is 27.1 Å². The Morgan fingerprint density at radius 3 is 2.85 bits per heavy atom. The maximum absolute atomic E-state index is 5.25. The van der Waals surface area contributed by atoms with Gasteiger partial charge in [-0.15, -0.1) is 0 Å². The Balaban J connectivity index is 1.46. The van der Waals surface area contributed by atoms with E-state index in [0.29, 0.717) is 12.0 Å². The second-order valence-corrected chi connectivity index (χ2v) is 9.57. The van der Waals surface area contributed by atoms with E-state index in [1.807, 2.05) is 11.8 Å². The number of aliphatic imine (C=N–C) groups is 1. The predicted octanol–water partition coefficient (Wildman–Crippen LogP) is 5.86. The molecule has 4 aliphatic rings. The topological polar surface area (TPSA) is 50.2 Å². The lowest BCUT2D eigenvalue weighted by atomic mass is 9.87. The van der Waals surface area contributed by atoms with Gasteiger partial charge < -0.3 is 5.32 Å². The normalized spacial score (nSPS) is 27.2. The summed E-state index contributed by atoms with van der Waals surface area (Å²) in [5, 5.41) is 4.04. The largest absolute Gasteiger partial charge is 0.366 e. The van der Waals surface area contributed by atoms with Gasteiger partial charge in [-0.1, -0.05) is 49.9 Å². The summed E-state index contributed by atoms with van der Waals surface area (Å²) in [4.78, 5) is 15.9. The molecule has 27 heavy (non-hydrogen) atoms. The van der Waals surface area contributed by atoms with Crippen LogP contribution >= 0.6 is 11.8 Å². The van der Waals surface area contributed by atoms with Crippen LogP contribution in [0.1, 0.15) is 89.2 Å². The smallest absolute Gasteiger partial charge is 0.143 e.